The van der Waals surface area contributed by atoms with Crippen molar-refractivity contribution in [2.75, 3.05) is 14.1 Å². The van der Waals surface area contributed by atoms with Crippen LogP contribution >= 0.6 is 0 Å². The smallest absolute Gasteiger partial charge is 0.0420 e. The summed E-state index contributed by atoms with van der Waals surface area (Å²) < 4.78 is 0. The quantitative estimate of drug-likeness (QED) is 0.566. The lowest BCUT2D eigenvalue weighted by Crippen LogP contribution is -2.62. The highest BCUT2D eigenvalue weighted by Crippen LogP contribution is 2.37. The monoisotopic (exact) mass is 255 g/mol. The predicted octanol–water partition coefficient (Wildman–Crippen LogP) is 2.77. The first-order chi connectivity index (χ1) is 8.49. The SMILES string of the molecule is CCC1CCCC(C(NN)C(C)(CC)N(C)C)C1. The van der Waals surface area contributed by atoms with Crippen molar-refractivity contribution < 1.29 is 0 Å². The highest BCUT2D eigenvalue weighted by molar-refractivity contribution is 4.98. The highest BCUT2D eigenvalue weighted by Gasteiger charge is 2.40. The van der Waals surface area contributed by atoms with Crippen LogP contribution in [0.1, 0.15) is 59.3 Å². The van der Waals surface area contributed by atoms with Crippen molar-refractivity contribution in [2.45, 2.75) is 70.9 Å². The van der Waals surface area contributed by atoms with Crippen LogP contribution in [0.4, 0.5) is 0 Å². The molecule has 3 heteroatoms. The molecule has 0 aromatic rings. The van der Waals surface area contributed by atoms with Crippen LogP contribution in [0.25, 0.3) is 0 Å². The molecule has 0 aromatic carbocycles. The Labute approximate surface area is 113 Å². The maximum Gasteiger partial charge on any atom is 0.0420 e. The maximum absolute atomic E-state index is 5.91. The molecule has 0 spiro atoms. The van der Waals surface area contributed by atoms with Gasteiger partial charge in [0, 0.05) is 11.6 Å². The number of likely N-dealkylation sites (N-methyl/N-ethyl adjacent to an activating group) is 1. The molecule has 1 saturated carbocycles. The molecule has 4 atom stereocenters. The standard InChI is InChI=1S/C15H33N3/c1-6-12-9-8-10-13(11-12)14(17-16)15(3,7-2)18(4)5/h12-14,17H,6-11,16H2,1-5H3. The van der Waals surface area contributed by atoms with Crippen LogP contribution in [0, 0.1) is 11.8 Å². The van der Waals surface area contributed by atoms with E-state index in [9.17, 15) is 0 Å². The Balaban J connectivity index is 2.81. The van der Waals surface area contributed by atoms with Gasteiger partial charge in [-0.1, -0.05) is 33.1 Å². The van der Waals surface area contributed by atoms with Gasteiger partial charge >= 0.3 is 0 Å². The van der Waals surface area contributed by atoms with Crippen molar-refractivity contribution in [3.05, 3.63) is 0 Å². The Morgan fingerprint density at radius 2 is 2.00 bits per heavy atom. The van der Waals surface area contributed by atoms with Crippen molar-refractivity contribution in [1.29, 1.82) is 0 Å². The summed E-state index contributed by atoms with van der Waals surface area (Å²) in [6, 6.07) is 0.395. The summed E-state index contributed by atoms with van der Waals surface area (Å²) in [4.78, 5) is 2.34. The minimum atomic E-state index is 0.148. The summed E-state index contributed by atoms with van der Waals surface area (Å²) in [7, 11) is 4.35. The second-order valence-corrected chi connectivity index (χ2v) is 6.45. The first kappa shape index (κ1) is 15.9. The minimum Gasteiger partial charge on any atom is -0.302 e. The molecule has 18 heavy (non-hydrogen) atoms. The van der Waals surface area contributed by atoms with E-state index in [0.717, 1.165) is 18.3 Å². The summed E-state index contributed by atoms with van der Waals surface area (Å²) in [5.74, 6) is 7.54. The van der Waals surface area contributed by atoms with Crippen molar-refractivity contribution in [3.63, 3.8) is 0 Å². The third-order valence-corrected chi connectivity index (χ3v) is 5.46. The summed E-state index contributed by atoms with van der Waals surface area (Å²) in [6.45, 7) is 6.93. The largest absolute Gasteiger partial charge is 0.302 e. The van der Waals surface area contributed by atoms with Gasteiger partial charge in [0.25, 0.3) is 0 Å². The fraction of sp³-hybridized carbons (Fsp3) is 1.00. The third kappa shape index (κ3) is 3.25. The van der Waals surface area contributed by atoms with Crippen LogP contribution in [0.3, 0.4) is 0 Å². The Hall–Kier alpha value is -0.120. The summed E-state index contributed by atoms with van der Waals surface area (Å²) >= 11 is 0. The van der Waals surface area contributed by atoms with Gasteiger partial charge in [0.1, 0.15) is 0 Å². The summed E-state index contributed by atoms with van der Waals surface area (Å²) in [5, 5.41) is 0. The van der Waals surface area contributed by atoms with Gasteiger partial charge in [-0.2, -0.15) is 0 Å². The average Bonchev–Trinajstić information content (AvgIpc) is 2.39. The number of nitrogens with zero attached hydrogens (tertiary/aromatic N) is 1. The summed E-state index contributed by atoms with van der Waals surface area (Å²) in [6.07, 6.45) is 7.90. The van der Waals surface area contributed by atoms with Gasteiger partial charge in [-0.05, 0) is 52.1 Å². The molecule has 1 fully saturated rings. The molecular weight excluding hydrogens is 222 g/mol. The Kier molecular flexibility index (Phi) is 6.09. The van der Waals surface area contributed by atoms with E-state index < -0.39 is 0 Å². The van der Waals surface area contributed by atoms with E-state index in [1.54, 1.807) is 0 Å². The lowest BCUT2D eigenvalue weighted by atomic mass is 9.70. The molecule has 0 aliphatic heterocycles. The molecule has 1 aliphatic carbocycles. The van der Waals surface area contributed by atoms with E-state index in [1.807, 2.05) is 0 Å². The van der Waals surface area contributed by atoms with Crippen LogP contribution in [-0.2, 0) is 0 Å². The molecule has 4 unspecified atom stereocenters. The van der Waals surface area contributed by atoms with Crippen molar-refractivity contribution >= 4 is 0 Å². The zero-order valence-electron chi connectivity index (χ0n) is 13.0. The van der Waals surface area contributed by atoms with E-state index in [4.69, 9.17) is 5.84 Å². The lowest BCUT2D eigenvalue weighted by molar-refractivity contribution is 0.0581. The van der Waals surface area contributed by atoms with Gasteiger partial charge in [0.15, 0.2) is 0 Å². The normalized spacial score (nSPS) is 30.2. The molecule has 108 valence electrons. The molecule has 0 aromatic heterocycles. The Morgan fingerprint density at radius 1 is 1.33 bits per heavy atom. The van der Waals surface area contributed by atoms with Crippen LogP contribution in [-0.4, -0.2) is 30.6 Å². The number of rotatable bonds is 6. The molecule has 0 radical (unpaired) electrons. The van der Waals surface area contributed by atoms with Crippen LogP contribution in [0.2, 0.25) is 0 Å². The van der Waals surface area contributed by atoms with E-state index in [1.165, 1.54) is 32.1 Å². The van der Waals surface area contributed by atoms with Crippen LogP contribution in [0.5, 0.6) is 0 Å². The Morgan fingerprint density at radius 3 is 2.44 bits per heavy atom. The van der Waals surface area contributed by atoms with Crippen LogP contribution in [0.15, 0.2) is 0 Å². The van der Waals surface area contributed by atoms with Gasteiger partial charge in [0.2, 0.25) is 0 Å². The van der Waals surface area contributed by atoms with E-state index in [0.29, 0.717) is 6.04 Å². The van der Waals surface area contributed by atoms with Gasteiger partial charge in [0.05, 0.1) is 0 Å². The van der Waals surface area contributed by atoms with Gasteiger partial charge < -0.3 is 4.90 Å². The van der Waals surface area contributed by atoms with E-state index >= 15 is 0 Å². The molecule has 0 saturated heterocycles. The maximum atomic E-state index is 5.91. The van der Waals surface area contributed by atoms with Crippen molar-refractivity contribution in [2.24, 2.45) is 17.7 Å². The number of hydrogen-bond acceptors (Lipinski definition) is 3. The van der Waals surface area contributed by atoms with E-state index in [2.05, 4.69) is 45.2 Å². The lowest BCUT2D eigenvalue weighted by Gasteiger charge is -2.47. The fourth-order valence-corrected chi connectivity index (χ4v) is 3.64. The van der Waals surface area contributed by atoms with Crippen molar-refractivity contribution in [3.8, 4) is 0 Å². The number of hydrazine groups is 1. The van der Waals surface area contributed by atoms with Gasteiger partial charge in [-0.3, -0.25) is 11.3 Å². The zero-order valence-corrected chi connectivity index (χ0v) is 13.0. The van der Waals surface area contributed by atoms with Gasteiger partial charge in [-0.15, -0.1) is 0 Å². The Bertz CT molecular complexity index is 242. The second kappa shape index (κ2) is 6.88. The number of nitrogens with one attached hydrogen (secondary N) is 1. The first-order valence-corrected chi connectivity index (χ1v) is 7.63. The average molecular weight is 255 g/mol. The molecule has 1 rings (SSSR count). The fourth-order valence-electron chi connectivity index (χ4n) is 3.64. The van der Waals surface area contributed by atoms with Gasteiger partial charge in [-0.25, -0.2) is 0 Å². The molecule has 0 amide bonds. The molecule has 0 heterocycles. The topological polar surface area (TPSA) is 41.3 Å². The number of hydrogen-bond donors (Lipinski definition) is 2. The molecular formula is C15H33N3. The zero-order chi connectivity index (χ0) is 13.8. The number of nitrogens with two attached hydrogens (primary N) is 1. The van der Waals surface area contributed by atoms with Crippen molar-refractivity contribution in [1.82, 2.24) is 10.3 Å². The summed E-state index contributed by atoms with van der Waals surface area (Å²) in [5.41, 5.74) is 3.30. The highest BCUT2D eigenvalue weighted by atomic mass is 15.3. The predicted molar refractivity (Wildman–Crippen MR) is 79.2 cm³/mol. The minimum absolute atomic E-state index is 0.148. The first-order valence-electron chi connectivity index (χ1n) is 7.63. The third-order valence-electron chi connectivity index (χ3n) is 5.46. The van der Waals surface area contributed by atoms with Crippen LogP contribution < -0.4 is 11.3 Å². The molecule has 1 aliphatic rings. The molecule has 3 N–H and O–H groups in total. The second-order valence-electron chi connectivity index (χ2n) is 6.45. The molecule has 3 nitrogen and oxygen atoms in total. The molecule has 0 bridgehead atoms. The van der Waals surface area contributed by atoms with E-state index in [-0.39, 0.29) is 5.54 Å².